The first-order chi connectivity index (χ1) is 62.5. The molecule has 9 aromatic heterocycles. The molecule has 0 bridgehead atoms. The maximum absolute atomic E-state index is 4.86. The highest BCUT2D eigenvalue weighted by Crippen LogP contribution is 2.46. The average Bonchev–Trinajstić information content (AvgIpc) is 1.58. The van der Waals surface area contributed by atoms with Gasteiger partial charge in [0.15, 0.2) is 0 Å². The minimum absolute atomic E-state index is 1.04. The third kappa shape index (κ3) is 11.6. The second-order valence-electron chi connectivity index (χ2n) is 32.6. The molecule has 0 radical (unpaired) electrons. The minimum atomic E-state index is 1.04. The van der Waals surface area contributed by atoms with E-state index in [-0.39, 0.29) is 0 Å². The molecule has 126 heavy (non-hydrogen) atoms. The van der Waals surface area contributed by atoms with E-state index in [1.54, 1.807) is 0 Å². The molecule has 27 aromatic rings. The number of pyridine rings is 3. The fraction of sp³-hybridized carbons (Fsp3) is 0. The van der Waals surface area contributed by atoms with Crippen molar-refractivity contribution in [2.45, 2.75) is 0 Å². The molecule has 0 aliphatic carbocycles. The Bertz CT molecular complexity index is 8180. The summed E-state index contributed by atoms with van der Waals surface area (Å²) in [6.45, 7) is 0. The van der Waals surface area contributed by atoms with Gasteiger partial charge in [0.25, 0.3) is 0 Å². The van der Waals surface area contributed by atoms with Crippen LogP contribution >= 0.6 is 0 Å². The summed E-state index contributed by atoms with van der Waals surface area (Å²) in [7, 11) is 0. The van der Waals surface area contributed by atoms with Crippen LogP contribution in [0.3, 0.4) is 0 Å². The van der Waals surface area contributed by atoms with Crippen LogP contribution in [0.1, 0.15) is 0 Å². The summed E-state index contributed by atoms with van der Waals surface area (Å²) in [5.41, 5.74) is 29.7. The standard InChI is InChI=1S/3C39H25N3/c1-3-11-29(12-4-1)41-34-16-8-7-15-31(34)32-24-27(18-20-35(32)41)28-19-21-36-33(25-28)38-37(42(36)30-13-5-2-6-14-30)22-17-26-10-9-23-40-39(26)38;1-3-9-29(10-4-1)41-35-14-8-7-13-31(35)32-23-27(16-18-36(32)41)28-17-19-37-33(24-28)39-34-25-40-22-21-26(34)15-20-38(39)42(37)30-11-5-2-6-12-30;1-3-9-29(10-4-1)41-35-14-8-7-13-32(35)33-23-26(15-18-36(33)41)27-16-19-37-34(24-27)39-31-21-22-40-25-28(31)17-20-38(39)42(37)30-11-5-2-6-12-30/h3*1-25H. The van der Waals surface area contributed by atoms with Crippen LogP contribution < -0.4 is 0 Å². The Balaban J connectivity index is 0.000000103. The van der Waals surface area contributed by atoms with Crippen molar-refractivity contribution in [3.63, 3.8) is 0 Å². The lowest BCUT2D eigenvalue weighted by molar-refractivity contribution is 1.18. The Morgan fingerprint density at radius 2 is 0.429 bits per heavy atom. The van der Waals surface area contributed by atoms with Gasteiger partial charge in [-0.2, -0.15) is 0 Å². The normalized spacial score (nSPS) is 11.8. The number of benzene rings is 18. The Morgan fingerprint density at radius 3 is 0.817 bits per heavy atom. The monoisotopic (exact) mass is 1610 g/mol. The number of fused-ring (bicyclic) bond motifs is 24. The lowest BCUT2D eigenvalue weighted by Crippen LogP contribution is -1.93. The molecule has 0 N–H and O–H groups in total. The molecule has 588 valence electrons. The molecule has 9 nitrogen and oxygen atoms in total. The van der Waals surface area contributed by atoms with Crippen LogP contribution in [-0.4, -0.2) is 42.4 Å². The zero-order valence-corrected chi connectivity index (χ0v) is 68.3. The van der Waals surface area contributed by atoms with E-state index in [0.29, 0.717) is 0 Å². The van der Waals surface area contributed by atoms with Crippen molar-refractivity contribution in [2.75, 3.05) is 0 Å². The summed E-state index contributed by atoms with van der Waals surface area (Å²) < 4.78 is 14.2. The van der Waals surface area contributed by atoms with Crippen molar-refractivity contribution in [2.24, 2.45) is 0 Å². The van der Waals surface area contributed by atoms with Crippen LogP contribution in [0.5, 0.6) is 0 Å². The van der Waals surface area contributed by atoms with E-state index in [2.05, 4.69) is 456 Å². The highest BCUT2D eigenvalue weighted by Gasteiger charge is 2.24. The molecule has 0 aliphatic rings. The molecule has 27 rings (SSSR count). The van der Waals surface area contributed by atoms with E-state index in [1.807, 2.05) is 37.1 Å². The molecule has 0 fully saturated rings. The summed E-state index contributed by atoms with van der Waals surface area (Å²) in [6, 6.07) is 153. The van der Waals surface area contributed by atoms with E-state index in [9.17, 15) is 0 Å². The molecule has 0 amide bonds. The quantitative estimate of drug-likeness (QED) is 0.145. The van der Waals surface area contributed by atoms with E-state index >= 15 is 0 Å². The van der Waals surface area contributed by atoms with Gasteiger partial charge >= 0.3 is 0 Å². The van der Waals surface area contributed by atoms with E-state index in [0.717, 1.165) is 33.4 Å². The SMILES string of the molecule is c1ccc(-n2c3ccccc3c3cc(-c4ccc5c(c4)c4c6ccncc6ccc4n5-c4ccccc4)ccc32)cc1.c1ccc(-n2c3ccccc3c3cc(-c4ccc5c(c4)c4c6cnccc6ccc4n5-c4ccccc4)ccc32)cc1.c1ccc(-n2c3ccccc3c3cc(-c4ccc5c(c4)c4c6ncccc6ccc4n5-c4ccccc4)ccc32)cc1. The zero-order valence-electron chi connectivity index (χ0n) is 68.3. The van der Waals surface area contributed by atoms with E-state index in [4.69, 9.17) is 4.98 Å². The molecule has 0 saturated carbocycles. The topological polar surface area (TPSA) is 68.2 Å². The molecule has 9 heterocycles. The molecule has 18 aromatic carbocycles. The van der Waals surface area contributed by atoms with Crippen LogP contribution in [0.25, 0.3) is 231 Å². The molecule has 9 heteroatoms. The lowest BCUT2D eigenvalue weighted by atomic mass is 9.99. The van der Waals surface area contributed by atoms with E-state index in [1.165, 1.54) is 197 Å². The number of para-hydroxylation sites is 9. The maximum Gasteiger partial charge on any atom is 0.0802 e. The molecule has 0 atom stereocenters. The molecule has 0 saturated heterocycles. The fourth-order valence-corrected chi connectivity index (χ4v) is 20.1. The molecule has 0 spiro atoms. The van der Waals surface area contributed by atoms with Gasteiger partial charge in [-0.3, -0.25) is 15.0 Å². The van der Waals surface area contributed by atoms with Crippen LogP contribution in [0.15, 0.2) is 456 Å². The van der Waals surface area contributed by atoms with Gasteiger partial charge in [-0.25, -0.2) is 0 Å². The molecule has 0 aliphatic heterocycles. The fourth-order valence-electron chi connectivity index (χ4n) is 20.1. The summed E-state index contributed by atoms with van der Waals surface area (Å²) in [5, 5.41) is 20.8. The van der Waals surface area contributed by atoms with Crippen LogP contribution in [-0.2, 0) is 0 Å². The second-order valence-corrected chi connectivity index (χ2v) is 32.6. The summed E-state index contributed by atoms with van der Waals surface area (Å²) in [5.74, 6) is 0. The van der Waals surface area contributed by atoms with Crippen LogP contribution in [0.4, 0.5) is 0 Å². The third-order valence-corrected chi connectivity index (χ3v) is 25.7. The largest absolute Gasteiger partial charge is 0.309 e. The predicted molar refractivity (Wildman–Crippen MR) is 528 cm³/mol. The number of aromatic nitrogens is 9. The first-order valence-electron chi connectivity index (χ1n) is 42.9. The second kappa shape index (κ2) is 29.4. The average molecular weight is 1610 g/mol. The minimum Gasteiger partial charge on any atom is -0.309 e. The molecular weight excluding hydrogens is 1530 g/mol. The van der Waals surface area contributed by atoms with Gasteiger partial charge in [0.2, 0.25) is 0 Å². The van der Waals surface area contributed by atoms with Gasteiger partial charge in [0.1, 0.15) is 0 Å². The van der Waals surface area contributed by atoms with Gasteiger partial charge < -0.3 is 27.4 Å². The van der Waals surface area contributed by atoms with Crippen molar-refractivity contribution >= 4 is 163 Å². The summed E-state index contributed by atoms with van der Waals surface area (Å²) in [4.78, 5) is 13.8. The van der Waals surface area contributed by atoms with Gasteiger partial charge in [0, 0.05) is 146 Å². The van der Waals surface area contributed by atoms with Crippen molar-refractivity contribution in [1.29, 1.82) is 0 Å². The van der Waals surface area contributed by atoms with E-state index < -0.39 is 0 Å². The first kappa shape index (κ1) is 71.9. The smallest absolute Gasteiger partial charge is 0.0802 e. The first-order valence-corrected chi connectivity index (χ1v) is 42.9. The van der Waals surface area contributed by atoms with Gasteiger partial charge in [-0.05, 0) is 244 Å². The predicted octanol–water partition coefficient (Wildman–Crippen LogP) is 30.3. The van der Waals surface area contributed by atoms with Crippen LogP contribution in [0.2, 0.25) is 0 Å². The van der Waals surface area contributed by atoms with Gasteiger partial charge in [-0.15, -0.1) is 0 Å². The van der Waals surface area contributed by atoms with Crippen molar-refractivity contribution in [1.82, 2.24) is 42.4 Å². The zero-order chi connectivity index (χ0) is 82.9. The highest BCUT2D eigenvalue weighted by molar-refractivity contribution is 6.25. The molecule has 0 unspecified atom stereocenters. The third-order valence-electron chi connectivity index (χ3n) is 25.7. The number of hydrogen-bond donors (Lipinski definition) is 0. The molecular formula is C117H75N9. The van der Waals surface area contributed by atoms with Crippen LogP contribution in [0, 0.1) is 0 Å². The number of rotatable bonds is 9. The number of nitrogens with zero attached hydrogens (tertiary/aromatic N) is 9. The Hall–Kier alpha value is -17.0. The Labute approximate surface area is 723 Å². The Morgan fingerprint density at radius 1 is 0.151 bits per heavy atom. The lowest BCUT2D eigenvalue weighted by Gasteiger charge is -2.09. The highest BCUT2D eigenvalue weighted by atomic mass is 15.0. The Kier molecular flexibility index (Phi) is 16.8. The van der Waals surface area contributed by atoms with Crippen molar-refractivity contribution in [3.05, 3.63) is 456 Å². The van der Waals surface area contributed by atoms with Gasteiger partial charge in [0.05, 0.1) is 71.7 Å². The summed E-state index contributed by atoms with van der Waals surface area (Å²) >= 11 is 0. The van der Waals surface area contributed by atoms with Gasteiger partial charge in [-0.1, -0.05) is 224 Å². The maximum atomic E-state index is 4.86. The number of hydrogen-bond acceptors (Lipinski definition) is 3. The van der Waals surface area contributed by atoms with Crippen molar-refractivity contribution < 1.29 is 0 Å². The summed E-state index contributed by atoms with van der Waals surface area (Å²) in [6.07, 6.45) is 9.63. The van der Waals surface area contributed by atoms with Crippen molar-refractivity contribution in [3.8, 4) is 67.5 Å².